The first-order chi connectivity index (χ1) is 11.7. The van der Waals surface area contributed by atoms with Crippen LogP contribution in [0.4, 0.5) is 0 Å². The third kappa shape index (κ3) is 7.26. The first-order valence-corrected chi connectivity index (χ1v) is 15.7. The molecule has 0 radical (unpaired) electrons. The summed E-state index contributed by atoms with van der Waals surface area (Å²) in [7, 11) is 0. The third-order valence-electron chi connectivity index (χ3n) is 4.84. The number of hydrogen-bond acceptors (Lipinski definition) is 6. The summed E-state index contributed by atoms with van der Waals surface area (Å²) in [6.07, 6.45) is 5.82. The summed E-state index contributed by atoms with van der Waals surface area (Å²) in [5.41, 5.74) is 0. The van der Waals surface area contributed by atoms with Gasteiger partial charge in [-0.05, 0) is 60.5 Å². The fraction of sp³-hybridized carbons (Fsp3) is 1.00. The van der Waals surface area contributed by atoms with Gasteiger partial charge < -0.3 is 0 Å². The number of rotatable bonds is 6. The number of hydrogen-bond donors (Lipinski definition) is 0. The molecule has 24 heavy (non-hydrogen) atoms. The molecule has 6 heteroatoms. The van der Waals surface area contributed by atoms with E-state index in [1.54, 1.807) is 0 Å². The molecule has 0 nitrogen and oxygen atoms in total. The zero-order valence-electron chi connectivity index (χ0n) is 15.0. The summed E-state index contributed by atoms with van der Waals surface area (Å²) >= 11 is 13.5. The van der Waals surface area contributed by atoms with Crippen LogP contribution in [-0.2, 0) is 0 Å². The molecule has 0 amide bonds. The number of thioether (sulfide) groups is 6. The summed E-state index contributed by atoms with van der Waals surface area (Å²) in [5.74, 6) is 10.3. The Balaban J connectivity index is 1.24. The minimum Gasteiger partial charge on any atom is -0.157 e. The zero-order chi connectivity index (χ0) is 16.8. The molecule has 3 heterocycles. The van der Waals surface area contributed by atoms with E-state index in [9.17, 15) is 0 Å². The van der Waals surface area contributed by atoms with Crippen molar-refractivity contribution < 1.29 is 0 Å². The summed E-state index contributed by atoms with van der Waals surface area (Å²) in [6, 6.07) is 0. The second-order valence-electron chi connectivity index (χ2n) is 7.42. The van der Waals surface area contributed by atoms with E-state index in [2.05, 4.69) is 84.4 Å². The van der Waals surface area contributed by atoms with Crippen molar-refractivity contribution in [2.45, 2.75) is 59.2 Å². The summed E-state index contributed by atoms with van der Waals surface area (Å²) in [5, 5.41) is 1.83. The maximum Gasteiger partial charge on any atom is 0.0503 e. The van der Waals surface area contributed by atoms with Crippen LogP contribution in [0.3, 0.4) is 0 Å². The molecule has 3 fully saturated rings. The lowest BCUT2D eigenvalue weighted by atomic mass is 10.1. The Morgan fingerprint density at radius 2 is 1.21 bits per heavy atom. The molecular weight excluding hydrogens is 409 g/mol. The van der Waals surface area contributed by atoms with Crippen LogP contribution < -0.4 is 0 Å². The van der Waals surface area contributed by atoms with Gasteiger partial charge in [0.2, 0.25) is 0 Å². The highest BCUT2D eigenvalue weighted by Crippen LogP contribution is 2.42. The van der Waals surface area contributed by atoms with Crippen molar-refractivity contribution in [1.82, 2.24) is 0 Å². The Morgan fingerprint density at radius 1 is 0.583 bits per heavy atom. The molecule has 0 bridgehead atoms. The molecule has 0 aromatic carbocycles. The standard InChI is InChI=1S/C18H32S6/c1-13-7-21-17(22-8-13)5-6-18-23-10-15(11-24-18)3-4-16-12-19-14(2)9-20-16/h13-18H,3-12H2,1-2H3. The topological polar surface area (TPSA) is 0 Å². The van der Waals surface area contributed by atoms with Gasteiger partial charge in [0.05, 0.1) is 9.16 Å². The SMILES string of the molecule is CC1CSC(CCC2SCC(CCC3CSC(C)CS3)CS2)SC1. The van der Waals surface area contributed by atoms with Gasteiger partial charge in [-0.3, -0.25) is 0 Å². The first-order valence-electron chi connectivity index (χ1n) is 9.38. The van der Waals surface area contributed by atoms with Gasteiger partial charge in [-0.2, -0.15) is 23.5 Å². The Kier molecular flexibility index (Phi) is 9.71. The predicted molar refractivity (Wildman–Crippen MR) is 127 cm³/mol. The monoisotopic (exact) mass is 440 g/mol. The molecule has 0 aromatic rings. The van der Waals surface area contributed by atoms with Crippen LogP contribution in [0, 0.1) is 11.8 Å². The fourth-order valence-corrected chi connectivity index (χ4v) is 12.1. The predicted octanol–water partition coefficient (Wildman–Crippen LogP) is 6.65. The Morgan fingerprint density at radius 3 is 1.79 bits per heavy atom. The van der Waals surface area contributed by atoms with Crippen molar-refractivity contribution >= 4 is 70.6 Å². The molecule has 0 saturated carbocycles. The third-order valence-corrected chi connectivity index (χ3v) is 15.1. The average Bonchev–Trinajstić information content (AvgIpc) is 2.62. The second-order valence-corrected chi connectivity index (χ2v) is 15.8. The molecular formula is C18H32S6. The van der Waals surface area contributed by atoms with Crippen molar-refractivity contribution in [3.05, 3.63) is 0 Å². The van der Waals surface area contributed by atoms with Crippen LogP contribution in [0.25, 0.3) is 0 Å². The lowest BCUT2D eigenvalue weighted by Crippen LogP contribution is -2.23. The van der Waals surface area contributed by atoms with Gasteiger partial charge in [0.15, 0.2) is 0 Å². The molecule has 3 rings (SSSR count). The van der Waals surface area contributed by atoms with Gasteiger partial charge in [0.1, 0.15) is 0 Å². The van der Waals surface area contributed by atoms with Crippen LogP contribution in [-0.4, -0.2) is 54.2 Å². The van der Waals surface area contributed by atoms with Gasteiger partial charge in [0, 0.05) is 22.0 Å². The van der Waals surface area contributed by atoms with E-state index in [0.29, 0.717) is 0 Å². The highest BCUT2D eigenvalue weighted by atomic mass is 32.2. The van der Waals surface area contributed by atoms with Gasteiger partial charge in [0.25, 0.3) is 0 Å². The Hall–Kier alpha value is 2.10. The van der Waals surface area contributed by atoms with E-state index in [4.69, 9.17) is 0 Å². The van der Waals surface area contributed by atoms with Crippen LogP contribution >= 0.6 is 70.6 Å². The molecule has 3 saturated heterocycles. The van der Waals surface area contributed by atoms with E-state index < -0.39 is 0 Å². The Bertz CT molecular complexity index is 307. The van der Waals surface area contributed by atoms with E-state index in [-0.39, 0.29) is 0 Å². The maximum atomic E-state index is 2.40. The van der Waals surface area contributed by atoms with Crippen molar-refractivity contribution in [2.24, 2.45) is 11.8 Å². The van der Waals surface area contributed by atoms with Crippen molar-refractivity contribution in [2.75, 3.05) is 34.5 Å². The molecule has 2 unspecified atom stereocenters. The van der Waals surface area contributed by atoms with Gasteiger partial charge in [-0.25, -0.2) is 0 Å². The average molecular weight is 441 g/mol. The van der Waals surface area contributed by atoms with Crippen LogP contribution in [0.15, 0.2) is 0 Å². The second kappa shape index (κ2) is 11.2. The lowest BCUT2D eigenvalue weighted by Gasteiger charge is -2.31. The van der Waals surface area contributed by atoms with Crippen molar-refractivity contribution in [3.8, 4) is 0 Å². The molecule has 2 atom stereocenters. The molecule has 0 N–H and O–H groups in total. The van der Waals surface area contributed by atoms with Crippen molar-refractivity contribution in [1.29, 1.82) is 0 Å². The highest BCUT2D eigenvalue weighted by molar-refractivity contribution is 8.18. The largest absolute Gasteiger partial charge is 0.157 e. The molecule has 0 aromatic heterocycles. The quantitative estimate of drug-likeness (QED) is 0.450. The fourth-order valence-electron chi connectivity index (χ4n) is 3.22. The smallest absolute Gasteiger partial charge is 0.0503 e. The molecule has 0 aliphatic carbocycles. The molecule has 3 aliphatic heterocycles. The van der Waals surface area contributed by atoms with Crippen LogP contribution in [0.5, 0.6) is 0 Å². The first kappa shape index (κ1) is 20.8. The molecule has 3 aliphatic rings. The van der Waals surface area contributed by atoms with E-state index in [1.807, 2.05) is 0 Å². The summed E-state index contributed by atoms with van der Waals surface area (Å²) < 4.78 is 1.78. The van der Waals surface area contributed by atoms with Crippen molar-refractivity contribution in [3.63, 3.8) is 0 Å². The molecule has 0 spiro atoms. The Labute approximate surface area is 175 Å². The summed E-state index contributed by atoms with van der Waals surface area (Å²) in [6.45, 7) is 4.78. The van der Waals surface area contributed by atoms with Gasteiger partial charge in [-0.1, -0.05) is 13.8 Å². The maximum absolute atomic E-state index is 2.40. The molecule has 140 valence electrons. The van der Waals surface area contributed by atoms with E-state index >= 15 is 0 Å². The normalized spacial score (nSPS) is 41.2. The van der Waals surface area contributed by atoms with E-state index in [0.717, 1.165) is 31.5 Å². The minimum atomic E-state index is 0.886. The van der Waals surface area contributed by atoms with E-state index in [1.165, 1.54) is 60.2 Å². The van der Waals surface area contributed by atoms with Gasteiger partial charge >= 0.3 is 0 Å². The van der Waals surface area contributed by atoms with Gasteiger partial charge in [-0.15, -0.1) is 47.0 Å². The summed E-state index contributed by atoms with van der Waals surface area (Å²) in [4.78, 5) is 0. The lowest BCUT2D eigenvalue weighted by molar-refractivity contribution is 0.567. The highest BCUT2D eigenvalue weighted by Gasteiger charge is 2.26. The van der Waals surface area contributed by atoms with Crippen LogP contribution in [0.2, 0.25) is 0 Å². The van der Waals surface area contributed by atoms with Crippen LogP contribution in [0.1, 0.15) is 39.5 Å². The minimum absolute atomic E-state index is 0.886. The zero-order valence-corrected chi connectivity index (χ0v) is 19.9.